The van der Waals surface area contributed by atoms with Crippen LogP contribution >= 0.6 is 0 Å². The van der Waals surface area contributed by atoms with E-state index in [0.717, 1.165) is 27.4 Å². The molecule has 1 N–H and O–H groups in total. The van der Waals surface area contributed by atoms with Crippen molar-refractivity contribution in [3.05, 3.63) is 76.8 Å². The molecule has 0 aliphatic carbocycles. The summed E-state index contributed by atoms with van der Waals surface area (Å²) in [7, 11) is -3.88. The minimum absolute atomic E-state index is 0.0387. The summed E-state index contributed by atoms with van der Waals surface area (Å²) in [6, 6.07) is 17.5. The van der Waals surface area contributed by atoms with Gasteiger partial charge in [-0.25, -0.2) is 8.42 Å². The molecule has 0 spiro atoms. The molecule has 1 atom stereocenters. The van der Waals surface area contributed by atoms with Gasteiger partial charge < -0.3 is 10.1 Å². The van der Waals surface area contributed by atoms with Gasteiger partial charge in [-0.05, 0) is 35.9 Å². The predicted molar refractivity (Wildman–Crippen MR) is 122 cm³/mol. The van der Waals surface area contributed by atoms with Gasteiger partial charge in [0.05, 0.1) is 23.4 Å². The van der Waals surface area contributed by atoms with Gasteiger partial charge in [0.25, 0.3) is 5.69 Å². The molecular weight excluding hydrogens is 434 g/mol. The van der Waals surface area contributed by atoms with Crippen molar-refractivity contribution in [3.8, 4) is 5.75 Å². The van der Waals surface area contributed by atoms with E-state index in [-0.39, 0.29) is 24.5 Å². The van der Waals surface area contributed by atoms with Gasteiger partial charge in [-0.15, -0.1) is 0 Å². The summed E-state index contributed by atoms with van der Waals surface area (Å²) in [6.45, 7) is 1.76. The van der Waals surface area contributed by atoms with Crippen LogP contribution in [0.15, 0.2) is 66.7 Å². The number of ether oxygens (including phenoxy) is 1. The number of hydrogen-bond donors (Lipinski definition) is 1. The van der Waals surface area contributed by atoms with E-state index < -0.39 is 26.9 Å². The normalized spacial score (nSPS) is 12.2. The minimum Gasteiger partial charge on any atom is -0.492 e. The molecule has 0 saturated heterocycles. The van der Waals surface area contributed by atoms with Crippen LogP contribution in [-0.2, 0) is 14.8 Å². The molecule has 10 heteroatoms. The molecule has 0 aromatic heterocycles. The highest BCUT2D eigenvalue weighted by Gasteiger charge is 2.29. The van der Waals surface area contributed by atoms with Crippen molar-refractivity contribution >= 4 is 38.1 Å². The molecule has 0 aliphatic heterocycles. The fourth-order valence-electron chi connectivity index (χ4n) is 3.30. The van der Waals surface area contributed by atoms with E-state index in [0.29, 0.717) is 5.75 Å². The Morgan fingerprint density at radius 2 is 1.81 bits per heavy atom. The second kappa shape index (κ2) is 9.65. The molecule has 3 aromatic rings. The molecule has 32 heavy (non-hydrogen) atoms. The maximum atomic E-state index is 12.6. The molecule has 0 radical (unpaired) electrons. The molecule has 0 saturated carbocycles. The minimum atomic E-state index is -3.88. The number of fused-ring (bicyclic) bond motifs is 1. The van der Waals surface area contributed by atoms with E-state index in [4.69, 9.17) is 4.74 Å². The van der Waals surface area contributed by atoms with Crippen molar-refractivity contribution in [2.75, 3.05) is 23.7 Å². The quantitative estimate of drug-likeness (QED) is 0.300. The Morgan fingerprint density at radius 1 is 1.09 bits per heavy atom. The number of sulfonamides is 1. The van der Waals surface area contributed by atoms with Crippen molar-refractivity contribution in [1.82, 2.24) is 5.32 Å². The van der Waals surface area contributed by atoms with E-state index >= 15 is 0 Å². The highest BCUT2D eigenvalue weighted by molar-refractivity contribution is 7.92. The lowest BCUT2D eigenvalue weighted by Gasteiger charge is -2.28. The highest BCUT2D eigenvalue weighted by Crippen LogP contribution is 2.25. The number of non-ortho nitro benzene ring substituents is 1. The van der Waals surface area contributed by atoms with E-state index in [1.54, 1.807) is 0 Å². The first-order chi connectivity index (χ1) is 15.2. The molecule has 168 valence electrons. The first-order valence-electron chi connectivity index (χ1n) is 9.80. The number of nitrogens with zero attached hydrogens (tertiary/aromatic N) is 2. The van der Waals surface area contributed by atoms with Gasteiger partial charge in [-0.1, -0.05) is 36.4 Å². The summed E-state index contributed by atoms with van der Waals surface area (Å²) >= 11 is 0. The van der Waals surface area contributed by atoms with E-state index in [9.17, 15) is 23.3 Å². The Balaban J connectivity index is 1.63. The summed E-state index contributed by atoms with van der Waals surface area (Å²) in [5, 5.41) is 15.8. The second-order valence-electron chi connectivity index (χ2n) is 7.16. The van der Waals surface area contributed by atoms with Crippen LogP contribution < -0.4 is 14.4 Å². The van der Waals surface area contributed by atoms with Crippen LogP contribution in [0.3, 0.4) is 0 Å². The van der Waals surface area contributed by atoms with Crippen LogP contribution in [0.5, 0.6) is 5.75 Å². The molecule has 0 aliphatic rings. The number of amides is 1. The summed E-state index contributed by atoms with van der Waals surface area (Å²) in [5.74, 6) is 0.101. The third-order valence-corrected chi connectivity index (χ3v) is 6.02. The average molecular weight is 458 g/mol. The summed E-state index contributed by atoms with van der Waals surface area (Å²) in [4.78, 5) is 23.0. The molecule has 0 fully saturated rings. The van der Waals surface area contributed by atoms with Crippen molar-refractivity contribution in [2.24, 2.45) is 0 Å². The fraction of sp³-hybridized carbons (Fsp3) is 0.227. The van der Waals surface area contributed by atoms with Crippen LogP contribution in [0, 0.1) is 10.1 Å². The Labute approximate surface area is 185 Å². The lowest BCUT2D eigenvalue weighted by atomic mass is 10.1. The van der Waals surface area contributed by atoms with Gasteiger partial charge in [0.1, 0.15) is 18.4 Å². The third-order valence-electron chi connectivity index (χ3n) is 4.77. The van der Waals surface area contributed by atoms with Crippen LogP contribution in [-0.4, -0.2) is 44.7 Å². The summed E-state index contributed by atoms with van der Waals surface area (Å²) < 4.78 is 31.2. The van der Waals surface area contributed by atoms with Crippen molar-refractivity contribution in [3.63, 3.8) is 0 Å². The monoisotopic (exact) mass is 457 g/mol. The number of nitro groups is 1. The zero-order valence-electron chi connectivity index (χ0n) is 17.6. The van der Waals surface area contributed by atoms with Crippen LogP contribution in [0.4, 0.5) is 11.4 Å². The highest BCUT2D eigenvalue weighted by atomic mass is 32.2. The first kappa shape index (κ1) is 23.0. The van der Waals surface area contributed by atoms with Gasteiger partial charge in [-0.3, -0.25) is 19.2 Å². The summed E-state index contributed by atoms with van der Waals surface area (Å²) in [6.07, 6.45) is 0.943. The molecule has 1 unspecified atom stereocenters. The van der Waals surface area contributed by atoms with Gasteiger partial charge >= 0.3 is 0 Å². The Bertz CT molecular complexity index is 1250. The molecule has 3 aromatic carbocycles. The maximum Gasteiger partial charge on any atom is 0.271 e. The van der Waals surface area contributed by atoms with Gasteiger partial charge in [0.2, 0.25) is 15.9 Å². The molecule has 0 heterocycles. The third kappa shape index (κ3) is 5.52. The van der Waals surface area contributed by atoms with E-state index in [1.807, 2.05) is 42.5 Å². The Kier molecular flexibility index (Phi) is 6.94. The Hall–Kier alpha value is -3.66. The Morgan fingerprint density at radius 3 is 2.50 bits per heavy atom. The summed E-state index contributed by atoms with van der Waals surface area (Å²) in [5.41, 5.74) is -0.232. The molecule has 0 bridgehead atoms. The number of nitrogens with one attached hydrogen (secondary N) is 1. The fourth-order valence-corrected chi connectivity index (χ4v) is 4.47. The average Bonchev–Trinajstić information content (AvgIpc) is 2.75. The van der Waals surface area contributed by atoms with Crippen LogP contribution in [0.1, 0.15) is 6.92 Å². The maximum absolute atomic E-state index is 12.6. The van der Waals surface area contributed by atoms with Gasteiger partial charge in [0.15, 0.2) is 0 Å². The number of benzene rings is 3. The SMILES string of the molecule is CC(C(=O)NCCOc1ccc2ccccc2c1)N(c1cccc([N+](=O)[O-])c1)S(C)(=O)=O. The second-order valence-corrected chi connectivity index (χ2v) is 9.02. The first-order valence-corrected chi connectivity index (χ1v) is 11.6. The smallest absolute Gasteiger partial charge is 0.271 e. The lowest BCUT2D eigenvalue weighted by Crippen LogP contribution is -2.48. The number of anilines is 1. The van der Waals surface area contributed by atoms with Crippen molar-refractivity contribution in [2.45, 2.75) is 13.0 Å². The molecule has 1 amide bonds. The lowest BCUT2D eigenvalue weighted by molar-refractivity contribution is -0.384. The van der Waals surface area contributed by atoms with Crippen molar-refractivity contribution in [1.29, 1.82) is 0 Å². The van der Waals surface area contributed by atoms with Gasteiger partial charge in [-0.2, -0.15) is 0 Å². The number of rotatable bonds is 9. The topological polar surface area (TPSA) is 119 Å². The number of hydrogen-bond acceptors (Lipinski definition) is 6. The number of carbonyl (C=O) groups excluding carboxylic acids is 1. The number of carbonyl (C=O) groups is 1. The number of nitro benzene ring substituents is 1. The zero-order valence-corrected chi connectivity index (χ0v) is 18.4. The van der Waals surface area contributed by atoms with Crippen LogP contribution in [0.2, 0.25) is 0 Å². The molecule has 9 nitrogen and oxygen atoms in total. The molecule has 3 rings (SSSR count). The standard InChI is InChI=1S/C22H23N3O6S/c1-16(24(32(2,29)30)19-8-5-9-20(15-19)25(27)28)22(26)23-12-13-31-21-11-10-17-6-3-4-7-18(17)14-21/h3-11,14-16H,12-13H2,1-2H3,(H,23,26). The molecular formula is C22H23N3O6S. The zero-order chi connectivity index (χ0) is 23.3. The van der Waals surface area contributed by atoms with Crippen molar-refractivity contribution < 1.29 is 22.9 Å². The van der Waals surface area contributed by atoms with Crippen LogP contribution in [0.25, 0.3) is 10.8 Å². The van der Waals surface area contributed by atoms with E-state index in [1.165, 1.54) is 25.1 Å². The largest absolute Gasteiger partial charge is 0.492 e. The van der Waals surface area contributed by atoms with E-state index in [2.05, 4.69) is 5.32 Å². The predicted octanol–water partition coefficient (Wildman–Crippen LogP) is 3.10. The van der Waals surface area contributed by atoms with Gasteiger partial charge in [0, 0.05) is 12.1 Å².